The summed E-state index contributed by atoms with van der Waals surface area (Å²) in [6, 6.07) is 0. The first-order valence-electron chi connectivity index (χ1n) is 11.7. The van der Waals surface area contributed by atoms with E-state index in [1.54, 1.807) is 17.0 Å². The fourth-order valence-corrected chi connectivity index (χ4v) is 4.69. The van der Waals surface area contributed by atoms with Crippen LogP contribution in [0.1, 0.15) is 62.7 Å². The van der Waals surface area contributed by atoms with Gasteiger partial charge in [0, 0.05) is 57.1 Å². The number of hydrogen-bond donors (Lipinski definition) is 1. The Kier molecular flexibility index (Phi) is 7.26. The van der Waals surface area contributed by atoms with Crippen molar-refractivity contribution in [2.75, 3.05) is 32.8 Å². The minimum absolute atomic E-state index is 0.113. The zero-order valence-corrected chi connectivity index (χ0v) is 19.2. The molecule has 2 unspecified atom stereocenters. The van der Waals surface area contributed by atoms with Gasteiger partial charge in [-0.05, 0) is 30.7 Å². The number of likely N-dealkylation sites (tertiary alicyclic amines) is 1. The molecule has 9 nitrogen and oxygen atoms in total. The number of H-pyrrole nitrogens is 1. The van der Waals surface area contributed by atoms with Gasteiger partial charge < -0.3 is 14.6 Å². The second-order valence-corrected chi connectivity index (χ2v) is 8.48. The number of ether oxygens (including phenoxy) is 1. The van der Waals surface area contributed by atoms with Crippen molar-refractivity contribution < 1.29 is 4.74 Å². The Hall–Kier alpha value is -2.65. The fraction of sp³-hybridized carbons (Fsp3) is 0.609. The third kappa shape index (κ3) is 4.73. The third-order valence-electron chi connectivity index (χ3n) is 6.40. The molecule has 2 aliphatic heterocycles. The van der Waals surface area contributed by atoms with E-state index in [9.17, 15) is 4.79 Å². The largest absolute Gasteiger partial charge is 0.381 e. The van der Waals surface area contributed by atoms with Gasteiger partial charge in [-0.2, -0.15) is 5.10 Å². The van der Waals surface area contributed by atoms with Gasteiger partial charge in [-0.15, -0.1) is 0 Å². The van der Waals surface area contributed by atoms with Crippen molar-refractivity contribution in [1.82, 2.24) is 34.4 Å². The Labute approximate surface area is 188 Å². The molecule has 9 heteroatoms. The Bertz CT molecular complexity index is 1060. The van der Waals surface area contributed by atoms with Gasteiger partial charge in [0.1, 0.15) is 18.0 Å². The molecule has 0 aromatic carbocycles. The fourth-order valence-electron chi connectivity index (χ4n) is 4.69. The van der Waals surface area contributed by atoms with Crippen molar-refractivity contribution in [2.45, 2.75) is 51.9 Å². The molecule has 0 amide bonds. The van der Waals surface area contributed by atoms with Crippen LogP contribution in [0.25, 0.3) is 5.52 Å². The maximum absolute atomic E-state index is 12.7. The van der Waals surface area contributed by atoms with Gasteiger partial charge in [0.05, 0.1) is 6.20 Å². The van der Waals surface area contributed by atoms with E-state index in [0.29, 0.717) is 11.4 Å². The second-order valence-electron chi connectivity index (χ2n) is 8.48. The molecule has 32 heavy (non-hydrogen) atoms. The molecule has 0 radical (unpaired) electrons. The summed E-state index contributed by atoms with van der Waals surface area (Å²) in [7, 11) is 0. The van der Waals surface area contributed by atoms with E-state index in [-0.39, 0.29) is 17.4 Å². The minimum atomic E-state index is -0.113. The molecular weight excluding hydrogens is 406 g/mol. The quantitative estimate of drug-likeness (QED) is 0.651. The third-order valence-corrected chi connectivity index (χ3v) is 6.40. The molecule has 2 fully saturated rings. The van der Waals surface area contributed by atoms with Gasteiger partial charge in [0.25, 0.3) is 5.56 Å². The summed E-state index contributed by atoms with van der Waals surface area (Å²) >= 11 is 0. The zero-order valence-electron chi connectivity index (χ0n) is 19.2. The molecule has 1 N–H and O–H groups in total. The number of aromatic nitrogens is 6. The van der Waals surface area contributed by atoms with E-state index < -0.39 is 0 Å². The average molecular weight is 440 g/mol. The molecule has 0 aliphatic carbocycles. The predicted octanol–water partition coefficient (Wildman–Crippen LogP) is 2.41. The minimum Gasteiger partial charge on any atom is -0.381 e. The molecule has 0 saturated carbocycles. The maximum atomic E-state index is 12.7. The molecule has 2 aliphatic rings. The molecule has 5 rings (SSSR count). The summed E-state index contributed by atoms with van der Waals surface area (Å²) in [6.07, 6.45) is 9.69. The number of nitrogens with zero attached hydrogens (tertiary/aromatic N) is 6. The van der Waals surface area contributed by atoms with E-state index in [2.05, 4.69) is 31.8 Å². The highest BCUT2D eigenvalue weighted by Crippen LogP contribution is 2.31. The summed E-state index contributed by atoms with van der Waals surface area (Å²) in [6.45, 7) is 10.5. The van der Waals surface area contributed by atoms with Crippen LogP contribution in [0.15, 0.2) is 29.7 Å². The lowest BCUT2D eigenvalue weighted by molar-refractivity contribution is 0.0832. The van der Waals surface area contributed by atoms with Crippen LogP contribution in [-0.4, -0.2) is 67.3 Å². The highest BCUT2D eigenvalue weighted by atomic mass is 16.5. The van der Waals surface area contributed by atoms with E-state index in [1.807, 2.05) is 26.2 Å². The van der Waals surface area contributed by atoms with Gasteiger partial charge in [0.15, 0.2) is 5.52 Å². The Morgan fingerprint density at radius 2 is 1.88 bits per heavy atom. The molecule has 3 aromatic heterocycles. The normalized spacial score (nSPS) is 22.1. The van der Waals surface area contributed by atoms with E-state index in [4.69, 9.17) is 9.84 Å². The number of hydrogen-bond acceptors (Lipinski definition) is 7. The number of imidazole rings is 1. The van der Waals surface area contributed by atoms with Crippen LogP contribution >= 0.6 is 0 Å². The summed E-state index contributed by atoms with van der Waals surface area (Å²) < 4.78 is 7.26. The van der Waals surface area contributed by atoms with Crippen molar-refractivity contribution in [3.05, 3.63) is 52.5 Å². The first kappa shape index (κ1) is 22.5. The second kappa shape index (κ2) is 10.3. The standard InChI is InChI=1S/C21H27N7O2.C2H6/c1-14-11-27(5-2-15-8-22-13-23-9-15)12-17(14)19-25-21(29)18-10-24-20(28(18)26-19)16-3-6-30-7-4-16;1-2/h8-10,13-14,16-17H,2-7,11-12H2,1H3,(H,25,26,29);1-2H3. The number of rotatable bonds is 5. The van der Waals surface area contributed by atoms with Gasteiger partial charge in [-0.3, -0.25) is 4.79 Å². The van der Waals surface area contributed by atoms with Crippen LogP contribution in [0.4, 0.5) is 0 Å². The van der Waals surface area contributed by atoms with Crippen LogP contribution < -0.4 is 5.56 Å². The summed E-state index contributed by atoms with van der Waals surface area (Å²) in [5, 5.41) is 4.87. The monoisotopic (exact) mass is 439 g/mol. The van der Waals surface area contributed by atoms with Gasteiger partial charge in [-0.1, -0.05) is 20.8 Å². The molecule has 2 atom stereocenters. The SMILES string of the molecule is CC.CC1CN(CCc2cncnc2)CC1c1nn2c(C3CCOCC3)ncc2c(=O)[nH]1. The number of nitrogens with one attached hydrogen (secondary N) is 1. The van der Waals surface area contributed by atoms with Crippen LogP contribution in [0.5, 0.6) is 0 Å². The number of fused-ring (bicyclic) bond motifs is 1. The lowest BCUT2D eigenvalue weighted by atomic mass is 9.97. The lowest BCUT2D eigenvalue weighted by Gasteiger charge is -2.21. The molecule has 5 heterocycles. The first-order chi connectivity index (χ1) is 15.7. The van der Waals surface area contributed by atoms with Crippen molar-refractivity contribution in [3.63, 3.8) is 0 Å². The van der Waals surface area contributed by atoms with Crippen LogP contribution in [0, 0.1) is 5.92 Å². The summed E-state index contributed by atoms with van der Waals surface area (Å²) in [4.78, 5) is 30.9. The molecule has 0 spiro atoms. The Morgan fingerprint density at radius 1 is 1.12 bits per heavy atom. The molecular formula is C23H33N7O2. The average Bonchev–Trinajstić information content (AvgIpc) is 3.44. The van der Waals surface area contributed by atoms with Crippen molar-refractivity contribution >= 4 is 5.52 Å². The molecule has 0 bridgehead atoms. The smallest absolute Gasteiger partial charge is 0.276 e. The summed E-state index contributed by atoms with van der Waals surface area (Å²) in [5.41, 5.74) is 1.55. The van der Waals surface area contributed by atoms with E-state index in [1.165, 1.54) is 0 Å². The van der Waals surface area contributed by atoms with E-state index >= 15 is 0 Å². The molecule has 2 saturated heterocycles. The molecule has 172 valence electrons. The van der Waals surface area contributed by atoms with Crippen LogP contribution in [-0.2, 0) is 11.2 Å². The van der Waals surface area contributed by atoms with Crippen molar-refractivity contribution in [2.24, 2.45) is 5.92 Å². The van der Waals surface area contributed by atoms with Crippen LogP contribution in [0.2, 0.25) is 0 Å². The topological polar surface area (TPSA) is 101 Å². The lowest BCUT2D eigenvalue weighted by Crippen LogP contribution is -2.25. The number of aromatic amines is 1. The Balaban J connectivity index is 0.00000119. The van der Waals surface area contributed by atoms with Crippen molar-refractivity contribution in [1.29, 1.82) is 0 Å². The predicted molar refractivity (Wildman–Crippen MR) is 122 cm³/mol. The summed E-state index contributed by atoms with van der Waals surface area (Å²) in [5.74, 6) is 2.53. The van der Waals surface area contributed by atoms with Gasteiger partial charge >= 0.3 is 0 Å². The highest BCUT2D eigenvalue weighted by molar-refractivity contribution is 5.42. The Morgan fingerprint density at radius 3 is 2.62 bits per heavy atom. The van der Waals surface area contributed by atoms with Crippen LogP contribution in [0.3, 0.4) is 0 Å². The maximum Gasteiger partial charge on any atom is 0.276 e. The first-order valence-corrected chi connectivity index (χ1v) is 11.7. The molecule has 3 aromatic rings. The van der Waals surface area contributed by atoms with Gasteiger partial charge in [-0.25, -0.2) is 19.5 Å². The van der Waals surface area contributed by atoms with Gasteiger partial charge in [0.2, 0.25) is 0 Å². The van der Waals surface area contributed by atoms with Crippen molar-refractivity contribution in [3.8, 4) is 0 Å². The highest BCUT2D eigenvalue weighted by Gasteiger charge is 2.33. The zero-order chi connectivity index (χ0) is 22.5. The van der Waals surface area contributed by atoms with E-state index in [0.717, 1.165) is 69.3 Å².